The van der Waals surface area contributed by atoms with Gasteiger partial charge >= 0.3 is 0 Å². The minimum Gasteiger partial charge on any atom is -0.290 e. The van der Waals surface area contributed by atoms with Crippen LogP contribution >= 0.6 is 22.4 Å². The lowest BCUT2D eigenvalue weighted by atomic mass is 9.85. The van der Waals surface area contributed by atoms with E-state index >= 15 is 0 Å². The normalized spacial score (nSPS) is 22.4. The van der Waals surface area contributed by atoms with Gasteiger partial charge in [-0.05, 0) is 41.9 Å². The van der Waals surface area contributed by atoms with Gasteiger partial charge in [-0.25, -0.2) is 8.42 Å². The Hall–Kier alpha value is -0.300. The van der Waals surface area contributed by atoms with Crippen molar-refractivity contribution < 1.29 is 13.2 Å². The Kier molecular flexibility index (Phi) is 6.78. The van der Waals surface area contributed by atoms with Gasteiger partial charge in [0.25, 0.3) is 0 Å². The molecule has 1 unspecified atom stereocenters. The lowest BCUT2D eigenvalue weighted by Gasteiger charge is -2.26. The van der Waals surface area contributed by atoms with Gasteiger partial charge in [-0.15, -0.1) is 0 Å². The maximum Gasteiger partial charge on any atom is 0.232 e. The number of carbonyl (C=O) groups is 1. The highest BCUT2D eigenvalue weighted by Crippen LogP contribution is 2.36. The van der Waals surface area contributed by atoms with E-state index < -0.39 is 19.5 Å². The number of hydrogen-bond donors (Lipinski definition) is 0. The minimum absolute atomic E-state index is 0.00320. The predicted octanol–water partition coefficient (Wildman–Crippen LogP) is 2.62. The largest absolute Gasteiger partial charge is 0.290 e. The molecule has 0 aromatic rings. The maximum absolute atomic E-state index is 12.1. The smallest absolute Gasteiger partial charge is 0.232 e. The second kappa shape index (κ2) is 7.64. The lowest BCUT2D eigenvalue weighted by molar-refractivity contribution is -0.117. The fraction of sp³-hybridized carbons (Fsp3) is 0.615. The number of hydrogen-bond acceptors (Lipinski definition) is 5. The standard InChI is InChI=1S/C13H20ClNO3S2/c1-3-15(4-2)11-20(17,18)19-10-13(12(14)16)8-6-5-7-9-13/h5-8H,3-4,9-11H2,1-2H3. The summed E-state index contributed by atoms with van der Waals surface area (Å²) in [4.78, 5) is 13.5. The molecule has 0 N–H and O–H groups in total. The molecule has 0 saturated heterocycles. The first-order chi connectivity index (χ1) is 9.35. The first-order valence-corrected chi connectivity index (χ1v) is 10.0. The van der Waals surface area contributed by atoms with Gasteiger partial charge < -0.3 is 0 Å². The van der Waals surface area contributed by atoms with E-state index in [1.165, 1.54) is 0 Å². The molecule has 0 heterocycles. The molecule has 1 aliphatic carbocycles. The number of rotatable bonds is 8. The van der Waals surface area contributed by atoms with Crippen molar-refractivity contribution in [2.45, 2.75) is 20.3 Å². The maximum atomic E-state index is 12.1. The quantitative estimate of drug-likeness (QED) is 0.503. The van der Waals surface area contributed by atoms with Crippen LogP contribution in [0.4, 0.5) is 0 Å². The number of allylic oxidation sites excluding steroid dienone is 4. The first-order valence-electron chi connectivity index (χ1n) is 6.49. The third kappa shape index (κ3) is 4.91. The topological polar surface area (TPSA) is 54.5 Å². The van der Waals surface area contributed by atoms with Crippen LogP contribution in [0.1, 0.15) is 20.3 Å². The molecule has 20 heavy (non-hydrogen) atoms. The van der Waals surface area contributed by atoms with Gasteiger partial charge in [-0.2, -0.15) is 0 Å². The van der Waals surface area contributed by atoms with Gasteiger partial charge in [0.15, 0.2) is 0 Å². The highest BCUT2D eigenvalue weighted by molar-refractivity contribution is 8.72. The van der Waals surface area contributed by atoms with E-state index in [1.807, 2.05) is 30.9 Å². The lowest BCUT2D eigenvalue weighted by Crippen LogP contribution is -2.32. The van der Waals surface area contributed by atoms with Crippen LogP contribution in [0.3, 0.4) is 0 Å². The summed E-state index contributed by atoms with van der Waals surface area (Å²) in [5.74, 6) is 0.149. The third-order valence-electron chi connectivity index (χ3n) is 3.27. The van der Waals surface area contributed by atoms with Gasteiger partial charge in [-0.1, -0.05) is 38.2 Å². The summed E-state index contributed by atoms with van der Waals surface area (Å²) in [6, 6.07) is 0. The van der Waals surface area contributed by atoms with Crippen molar-refractivity contribution in [3.63, 3.8) is 0 Å². The van der Waals surface area contributed by atoms with Crippen LogP contribution in [0, 0.1) is 5.41 Å². The molecule has 0 fully saturated rings. The van der Waals surface area contributed by atoms with Crippen molar-refractivity contribution in [3.05, 3.63) is 24.3 Å². The monoisotopic (exact) mass is 337 g/mol. The van der Waals surface area contributed by atoms with Crippen LogP contribution in [-0.2, 0) is 13.7 Å². The van der Waals surface area contributed by atoms with E-state index in [-0.39, 0.29) is 11.6 Å². The van der Waals surface area contributed by atoms with Crippen LogP contribution in [0.5, 0.6) is 0 Å². The average molecular weight is 338 g/mol. The molecule has 114 valence electrons. The third-order valence-corrected chi connectivity index (χ3v) is 7.06. The Morgan fingerprint density at radius 2 is 2.00 bits per heavy atom. The van der Waals surface area contributed by atoms with Crippen molar-refractivity contribution in [2.24, 2.45) is 5.41 Å². The summed E-state index contributed by atoms with van der Waals surface area (Å²) < 4.78 is 24.2. The van der Waals surface area contributed by atoms with Gasteiger partial charge in [0.2, 0.25) is 14.1 Å². The highest BCUT2D eigenvalue weighted by atomic mass is 35.5. The molecule has 0 spiro atoms. The van der Waals surface area contributed by atoms with Crippen LogP contribution in [0.2, 0.25) is 0 Å². The van der Waals surface area contributed by atoms with Crippen molar-refractivity contribution in [1.29, 1.82) is 0 Å². The second-order valence-electron chi connectivity index (χ2n) is 4.67. The minimum atomic E-state index is -3.30. The Morgan fingerprint density at radius 1 is 1.35 bits per heavy atom. The first kappa shape index (κ1) is 17.8. The fourth-order valence-corrected chi connectivity index (χ4v) is 5.58. The SMILES string of the molecule is CCN(CC)CS(=O)(=O)SCC1(C(=O)Cl)C=CC=CC1. The fourth-order valence-electron chi connectivity index (χ4n) is 1.84. The van der Waals surface area contributed by atoms with Gasteiger partial charge in [-0.3, -0.25) is 9.69 Å². The molecule has 0 aromatic heterocycles. The highest BCUT2D eigenvalue weighted by Gasteiger charge is 2.36. The van der Waals surface area contributed by atoms with E-state index in [0.717, 1.165) is 10.8 Å². The van der Waals surface area contributed by atoms with E-state index in [0.29, 0.717) is 19.5 Å². The number of carbonyl (C=O) groups excluding carboxylic acids is 1. The predicted molar refractivity (Wildman–Crippen MR) is 85.4 cm³/mol. The van der Waals surface area contributed by atoms with E-state index in [9.17, 15) is 13.2 Å². The van der Waals surface area contributed by atoms with E-state index in [4.69, 9.17) is 11.6 Å². The van der Waals surface area contributed by atoms with Gasteiger partial charge in [0, 0.05) is 5.75 Å². The Morgan fingerprint density at radius 3 is 2.45 bits per heavy atom. The molecule has 0 aromatic carbocycles. The Labute approximate surface area is 129 Å². The summed E-state index contributed by atoms with van der Waals surface area (Å²) in [6.45, 7) is 5.20. The molecule has 7 heteroatoms. The molecule has 1 rings (SSSR count). The van der Waals surface area contributed by atoms with Crippen molar-refractivity contribution in [2.75, 3.05) is 24.7 Å². The average Bonchev–Trinajstić information content (AvgIpc) is 2.43. The zero-order valence-electron chi connectivity index (χ0n) is 11.7. The Bertz CT molecular complexity index is 498. The van der Waals surface area contributed by atoms with Crippen molar-refractivity contribution >= 4 is 36.5 Å². The molecule has 0 aliphatic heterocycles. The van der Waals surface area contributed by atoms with Gasteiger partial charge in [0.1, 0.15) is 5.88 Å². The Balaban J connectivity index is 2.71. The molecule has 0 saturated carbocycles. The molecule has 0 radical (unpaired) electrons. The number of halogens is 1. The summed E-state index contributed by atoms with van der Waals surface area (Å²) in [5.41, 5.74) is -0.905. The van der Waals surface area contributed by atoms with Crippen LogP contribution in [0.25, 0.3) is 0 Å². The molecule has 1 aliphatic rings. The molecule has 1 atom stereocenters. The van der Waals surface area contributed by atoms with E-state index in [1.54, 1.807) is 12.2 Å². The molecular formula is C13H20ClNO3S2. The molecule has 0 amide bonds. The summed E-state index contributed by atoms with van der Waals surface area (Å²) in [5, 5.41) is -0.511. The molecule has 0 bridgehead atoms. The van der Waals surface area contributed by atoms with E-state index in [2.05, 4.69) is 0 Å². The zero-order chi connectivity index (χ0) is 15.2. The summed E-state index contributed by atoms with van der Waals surface area (Å²) >= 11 is 5.66. The zero-order valence-corrected chi connectivity index (χ0v) is 14.1. The summed E-state index contributed by atoms with van der Waals surface area (Å²) in [7, 11) is -2.49. The second-order valence-corrected chi connectivity index (χ2v) is 9.15. The van der Waals surface area contributed by atoms with Crippen LogP contribution in [0.15, 0.2) is 24.3 Å². The van der Waals surface area contributed by atoms with Crippen LogP contribution in [-0.4, -0.2) is 43.3 Å². The number of nitrogens with zero attached hydrogens (tertiary/aromatic N) is 1. The van der Waals surface area contributed by atoms with Crippen molar-refractivity contribution in [3.8, 4) is 0 Å². The molecule has 4 nitrogen and oxygen atoms in total. The van der Waals surface area contributed by atoms with Crippen LogP contribution < -0.4 is 0 Å². The van der Waals surface area contributed by atoms with Crippen molar-refractivity contribution in [1.82, 2.24) is 4.90 Å². The molecular weight excluding hydrogens is 318 g/mol. The summed E-state index contributed by atoms with van der Waals surface area (Å²) in [6.07, 6.45) is 7.54. The van der Waals surface area contributed by atoms with Gasteiger partial charge in [0.05, 0.1) is 5.41 Å².